The summed E-state index contributed by atoms with van der Waals surface area (Å²) in [4.78, 5) is 12.4. The first-order chi connectivity index (χ1) is 11.5. The van der Waals surface area contributed by atoms with E-state index in [1.165, 1.54) is 0 Å². The Morgan fingerprint density at radius 3 is 2.29 bits per heavy atom. The Labute approximate surface area is 143 Å². The van der Waals surface area contributed by atoms with E-state index in [0.29, 0.717) is 6.42 Å². The molecule has 2 aromatic carbocycles. The summed E-state index contributed by atoms with van der Waals surface area (Å²) in [6.45, 7) is 3.68. The average Bonchev–Trinajstić information content (AvgIpc) is 2.61. The molecule has 4 nitrogen and oxygen atoms in total. The summed E-state index contributed by atoms with van der Waals surface area (Å²) in [6.07, 6.45) is -0.112. The highest BCUT2D eigenvalue weighted by Gasteiger charge is 2.21. The Kier molecular flexibility index (Phi) is 6.38. The third-order valence-corrected chi connectivity index (χ3v) is 4.24. The number of hydrogen-bond donors (Lipinski definition) is 2. The number of nitrogens with one attached hydrogen (secondary N) is 1. The molecule has 2 aromatic rings. The van der Waals surface area contributed by atoms with Crippen LogP contribution in [-0.4, -0.2) is 30.3 Å². The highest BCUT2D eigenvalue weighted by atomic mass is 16.5. The number of benzene rings is 2. The maximum Gasteiger partial charge on any atom is 0.227 e. The van der Waals surface area contributed by atoms with E-state index in [0.717, 1.165) is 16.9 Å². The third kappa shape index (κ3) is 4.83. The molecule has 2 N–H and O–H groups in total. The van der Waals surface area contributed by atoms with E-state index >= 15 is 0 Å². The van der Waals surface area contributed by atoms with Crippen LogP contribution in [0.3, 0.4) is 0 Å². The van der Waals surface area contributed by atoms with Crippen molar-refractivity contribution in [1.82, 2.24) is 5.32 Å². The first-order valence-corrected chi connectivity index (χ1v) is 8.17. The van der Waals surface area contributed by atoms with Gasteiger partial charge in [-0.1, -0.05) is 42.5 Å². The van der Waals surface area contributed by atoms with Crippen LogP contribution in [0.2, 0.25) is 0 Å². The zero-order chi connectivity index (χ0) is 17.5. The largest absolute Gasteiger partial charge is 0.497 e. The molecule has 0 saturated heterocycles. The molecule has 0 heterocycles. The highest BCUT2D eigenvalue weighted by molar-refractivity contribution is 5.83. The molecule has 0 fully saturated rings. The molecule has 0 aliphatic carbocycles. The molecule has 0 aromatic heterocycles. The van der Waals surface area contributed by atoms with Crippen LogP contribution < -0.4 is 10.1 Å². The number of aliphatic hydroxyl groups excluding tert-OH is 1. The summed E-state index contributed by atoms with van der Waals surface area (Å²) in [7, 11) is 1.61. The van der Waals surface area contributed by atoms with Crippen LogP contribution in [0.15, 0.2) is 54.6 Å². The maximum absolute atomic E-state index is 12.4. The van der Waals surface area contributed by atoms with E-state index in [2.05, 4.69) is 5.32 Å². The van der Waals surface area contributed by atoms with Crippen molar-refractivity contribution in [2.24, 2.45) is 0 Å². The molecule has 0 aliphatic heterocycles. The molecule has 0 spiro atoms. The minimum atomic E-state index is -0.626. The molecule has 1 amide bonds. The number of aliphatic hydroxyl groups is 1. The molecule has 0 aliphatic rings. The van der Waals surface area contributed by atoms with Gasteiger partial charge >= 0.3 is 0 Å². The van der Waals surface area contributed by atoms with Crippen LogP contribution in [-0.2, 0) is 11.2 Å². The van der Waals surface area contributed by atoms with E-state index in [-0.39, 0.29) is 17.9 Å². The van der Waals surface area contributed by atoms with E-state index in [1.54, 1.807) is 7.11 Å². The van der Waals surface area contributed by atoms with Crippen molar-refractivity contribution in [1.29, 1.82) is 0 Å². The summed E-state index contributed by atoms with van der Waals surface area (Å²) in [5, 5.41) is 13.2. The maximum atomic E-state index is 12.4. The standard InChI is InChI=1S/C20H25NO3/c1-14(17-9-11-18(24-3)12-10-17)20(23)21-15(2)19(22)13-16-7-5-4-6-8-16/h4-12,14-15,19,22H,13H2,1-3H3,(H,21,23). The van der Waals surface area contributed by atoms with Gasteiger partial charge in [0, 0.05) is 6.42 Å². The predicted octanol–water partition coefficient (Wildman–Crippen LogP) is 2.91. The SMILES string of the molecule is COc1ccc(C(C)C(=O)NC(C)C(O)Cc2ccccc2)cc1. The first kappa shape index (κ1) is 18.0. The molecular weight excluding hydrogens is 302 g/mol. The Hall–Kier alpha value is -2.33. The quantitative estimate of drug-likeness (QED) is 0.822. The minimum absolute atomic E-state index is 0.0974. The van der Waals surface area contributed by atoms with Gasteiger partial charge in [0.25, 0.3) is 0 Å². The number of amides is 1. The fourth-order valence-electron chi connectivity index (χ4n) is 2.52. The minimum Gasteiger partial charge on any atom is -0.497 e. The van der Waals surface area contributed by atoms with Crippen LogP contribution in [0.5, 0.6) is 5.75 Å². The van der Waals surface area contributed by atoms with Gasteiger partial charge in [-0.2, -0.15) is 0 Å². The van der Waals surface area contributed by atoms with E-state index in [4.69, 9.17) is 4.74 Å². The third-order valence-electron chi connectivity index (χ3n) is 4.24. The van der Waals surface area contributed by atoms with Crippen molar-refractivity contribution in [3.8, 4) is 5.75 Å². The molecule has 0 saturated carbocycles. The monoisotopic (exact) mass is 327 g/mol. The molecule has 2 rings (SSSR count). The lowest BCUT2D eigenvalue weighted by molar-refractivity contribution is -0.123. The Balaban J connectivity index is 1.91. The van der Waals surface area contributed by atoms with Crippen LogP contribution in [0.4, 0.5) is 0 Å². The van der Waals surface area contributed by atoms with E-state index < -0.39 is 6.10 Å². The number of ether oxygens (including phenoxy) is 1. The number of carbonyl (C=O) groups is 1. The second-order valence-electron chi connectivity index (χ2n) is 6.05. The lowest BCUT2D eigenvalue weighted by Crippen LogP contribution is -2.43. The molecule has 128 valence electrons. The number of methoxy groups -OCH3 is 1. The van der Waals surface area contributed by atoms with Crippen molar-refractivity contribution >= 4 is 5.91 Å². The van der Waals surface area contributed by atoms with Gasteiger partial charge in [0.15, 0.2) is 0 Å². The lowest BCUT2D eigenvalue weighted by atomic mass is 9.98. The lowest BCUT2D eigenvalue weighted by Gasteiger charge is -2.22. The topological polar surface area (TPSA) is 58.6 Å². The molecule has 0 radical (unpaired) electrons. The van der Waals surface area contributed by atoms with Gasteiger partial charge in [0.2, 0.25) is 5.91 Å². The summed E-state index contributed by atoms with van der Waals surface area (Å²) < 4.78 is 5.13. The molecule has 24 heavy (non-hydrogen) atoms. The summed E-state index contributed by atoms with van der Waals surface area (Å²) in [6, 6.07) is 16.9. The summed E-state index contributed by atoms with van der Waals surface area (Å²) in [5.41, 5.74) is 1.97. The Bertz CT molecular complexity index is 640. The van der Waals surface area contributed by atoms with Gasteiger partial charge in [0.05, 0.1) is 25.2 Å². The highest BCUT2D eigenvalue weighted by Crippen LogP contribution is 2.19. The molecule has 4 heteroatoms. The first-order valence-electron chi connectivity index (χ1n) is 8.17. The van der Waals surface area contributed by atoms with Crippen molar-refractivity contribution in [2.75, 3.05) is 7.11 Å². The number of carbonyl (C=O) groups excluding carboxylic acids is 1. The van der Waals surface area contributed by atoms with Crippen molar-refractivity contribution < 1.29 is 14.6 Å². The fourth-order valence-corrected chi connectivity index (χ4v) is 2.52. The number of hydrogen-bond acceptors (Lipinski definition) is 3. The van der Waals surface area contributed by atoms with E-state index in [1.807, 2.05) is 68.4 Å². The van der Waals surface area contributed by atoms with Crippen molar-refractivity contribution in [2.45, 2.75) is 38.3 Å². The average molecular weight is 327 g/mol. The van der Waals surface area contributed by atoms with Crippen molar-refractivity contribution in [3.05, 3.63) is 65.7 Å². The second-order valence-corrected chi connectivity index (χ2v) is 6.05. The summed E-state index contributed by atoms with van der Waals surface area (Å²) >= 11 is 0. The van der Waals surface area contributed by atoms with Crippen LogP contribution >= 0.6 is 0 Å². The summed E-state index contributed by atoms with van der Waals surface area (Å²) in [5.74, 6) is 0.375. The van der Waals surface area contributed by atoms with Gasteiger partial charge in [-0.3, -0.25) is 4.79 Å². The molecule has 3 atom stereocenters. The van der Waals surface area contributed by atoms with Gasteiger partial charge in [0.1, 0.15) is 5.75 Å². The molecule has 0 bridgehead atoms. The number of rotatable bonds is 7. The van der Waals surface area contributed by atoms with Crippen LogP contribution in [0.1, 0.15) is 30.9 Å². The van der Waals surface area contributed by atoms with Crippen molar-refractivity contribution in [3.63, 3.8) is 0 Å². The fraction of sp³-hybridized carbons (Fsp3) is 0.350. The van der Waals surface area contributed by atoms with E-state index in [9.17, 15) is 9.90 Å². The van der Waals surface area contributed by atoms with Crippen LogP contribution in [0.25, 0.3) is 0 Å². The molecular formula is C20H25NO3. The van der Waals surface area contributed by atoms with Gasteiger partial charge in [-0.05, 0) is 37.1 Å². The van der Waals surface area contributed by atoms with Crippen LogP contribution in [0, 0.1) is 0 Å². The normalized spacial score (nSPS) is 14.5. The second kappa shape index (κ2) is 8.50. The Morgan fingerprint density at radius 2 is 1.71 bits per heavy atom. The molecule has 3 unspecified atom stereocenters. The van der Waals surface area contributed by atoms with Gasteiger partial charge < -0.3 is 15.2 Å². The van der Waals surface area contributed by atoms with Gasteiger partial charge in [-0.25, -0.2) is 0 Å². The smallest absolute Gasteiger partial charge is 0.227 e. The van der Waals surface area contributed by atoms with Gasteiger partial charge in [-0.15, -0.1) is 0 Å². The zero-order valence-corrected chi connectivity index (χ0v) is 14.4. The predicted molar refractivity (Wildman–Crippen MR) is 95.2 cm³/mol. The zero-order valence-electron chi connectivity index (χ0n) is 14.4. The Morgan fingerprint density at radius 1 is 1.08 bits per heavy atom.